The Bertz CT molecular complexity index is 414. The lowest BCUT2D eigenvalue weighted by molar-refractivity contribution is -0.130. The van der Waals surface area contributed by atoms with Gasteiger partial charge in [-0.15, -0.1) is 0 Å². The molecule has 0 bridgehead atoms. The number of likely N-dealkylation sites (N-methyl/N-ethyl adjacent to an activating group) is 1. The Balaban J connectivity index is 1.86. The second-order valence-electron chi connectivity index (χ2n) is 7.66. The molecule has 2 aliphatic rings. The molecule has 22 heavy (non-hydrogen) atoms. The zero-order chi connectivity index (χ0) is 16.3. The molecule has 0 aromatic carbocycles. The van der Waals surface area contributed by atoms with Crippen molar-refractivity contribution in [2.45, 2.75) is 64.0 Å². The van der Waals surface area contributed by atoms with E-state index >= 15 is 0 Å². The number of carbonyl (C=O) groups excluding carboxylic acids is 2. The highest BCUT2D eigenvalue weighted by Gasteiger charge is 2.38. The van der Waals surface area contributed by atoms with Gasteiger partial charge in [0.25, 0.3) is 0 Å². The van der Waals surface area contributed by atoms with Crippen LogP contribution < -0.4 is 5.32 Å². The lowest BCUT2D eigenvalue weighted by Gasteiger charge is -2.33. The first-order chi connectivity index (χ1) is 10.3. The number of carbonyl (C=O) groups is 2. The molecule has 0 aromatic rings. The second kappa shape index (κ2) is 6.99. The van der Waals surface area contributed by atoms with Gasteiger partial charge in [-0.1, -0.05) is 19.3 Å². The van der Waals surface area contributed by atoms with Gasteiger partial charge in [0.15, 0.2) is 0 Å². The van der Waals surface area contributed by atoms with Gasteiger partial charge in [0.05, 0.1) is 5.92 Å². The molecule has 2 rings (SSSR count). The minimum absolute atomic E-state index is 0.0292. The van der Waals surface area contributed by atoms with Crippen LogP contribution in [0, 0.1) is 5.92 Å². The van der Waals surface area contributed by atoms with Crippen molar-refractivity contribution < 1.29 is 9.59 Å². The van der Waals surface area contributed by atoms with Gasteiger partial charge in [-0.05, 0) is 40.8 Å². The predicted molar refractivity (Wildman–Crippen MR) is 87.5 cm³/mol. The van der Waals surface area contributed by atoms with Gasteiger partial charge in [-0.2, -0.15) is 0 Å². The maximum atomic E-state index is 12.4. The van der Waals surface area contributed by atoms with Gasteiger partial charge in [-0.25, -0.2) is 0 Å². The zero-order valence-corrected chi connectivity index (χ0v) is 14.5. The van der Waals surface area contributed by atoms with E-state index in [4.69, 9.17) is 0 Å². The fraction of sp³-hybridized carbons (Fsp3) is 0.882. The van der Waals surface area contributed by atoms with E-state index in [1.165, 1.54) is 19.3 Å². The predicted octanol–water partition coefficient (Wildman–Crippen LogP) is 1.62. The molecular formula is C17H31N3O2. The highest BCUT2D eigenvalue weighted by atomic mass is 16.2. The molecule has 0 radical (unpaired) electrons. The Morgan fingerprint density at radius 1 is 1.27 bits per heavy atom. The van der Waals surface area contributed by atoms with Crippen LogP contribution in [0.1, 0.15) is 52.4 Å². The minimum atomic E-state index is -0.174. The van der Waals surface area contributed by atoms with Crippen LogP contribution in [0.15, 0.2) is 0 Å². The van der Waals surface area contributed by atoms with Gasteiger partial charge in [0.2, 0.25) is 11.8 Å². The third-order valence-electron chi connectivity index (χ3n) is 5.45. The van der Waals surface area contributed by atoms with Crippen LogP contribution in [0.25, 0.3) is 0 Å². The van der Waals surface area contributed by atoms with E-state index in [1.807, 2.05) is 19.0 Å². The summed E-state index contributed by atoms with van der Waals surface area (Å²) in [6.07, 6.45) is 6.29. The molecule has 0 spiro atoms. The number of amides is 2. The van der Waals surface area contributed by atoms with E-state index in [-0.39, 0.29) is 23.3 Å². The molecule has 2 amide bonds. The highest BCUT2D eigenvalue weighted by Crippen LogP contribution is 2.28. The third-order valence-corrected chi connectivity index (χ3v) is 5.45. The molecule has 2 fully saturated rings. The first-order valence-corrected chi connectivity index (χ1v) is 8.56. The summed E-state index contributed by atoms with van der Waals surface area (Å²) in [7, 11) is 4.02. The van der Waals surface area contributed by atoms with Crippen molar-refractivity contribution in [3.05, 3.63) is 0 Å². The van der Waals surface area contributed by atoms with E-state index in [1.54, 1.807) is 0 Å². The van der Waals surface area contributed by atoms with Crippen molar-refractivity contribution in [3.8, 4) is 0 Å². The van der Waals surface area contributed by atoms with Gasteiger partial charge < -0.3 is 15.1 Å². The fourth-order valence-electron chi connectivity index (χ4n) is 3.26. The number of nitrogens with zero attached hydrogens (tertiary/aromatic N) is 2. The fourth-order valence-corrected chi connectivity index (χ4v) is 3.26. The SMILES string of the molecule is CN(C)C(C)(C)CNC(=O)C1CC(=O)N(C2CCCCC2)C1. The molecule has 1 saturated carbocycles. The Labute approximate surface area is 134 Å². The molecule has 1 saturated heterocycles. The molecule has 1 unspecified atom stereocenters. The summed E-state index contributed by atoms with van der Waals surface area (Å²) in [5, 5.41) is 3.03. The summed E-state index contributed by atoms with van der Waals surface area (Å²) in [6.45, 7) is 5.41. The summed E-state index contributed by atoms with van der Waals surface area (Å²) in [6, 6.07) is 0.372. The normalized spacial score (nSPS) is 24.1. The second-order valence-corrected chi connectivity index (χ2v) is 7.66. The number of rotatable bonds is 5. The minimum Gasteiger partial charge on any atom is -0.354 e. The van der Waals surface area contributed by atoms with Crippen molar-refractivity contribution in [2.24, 2.45) is 5.92 Å². The smallest absolute Gasteiger partial charge is 0.225 e. The number of hydrogen-bond acceptors (Lipinski definition) is 3. The van der Waals surface area contributed by atoms with E-state index in [9.17, 15) is 9.59 Å². The lowest BCUT2D eigenvalue weighted by Crippen LogP contribution is -2.49. The topological polar surface area (TPSA) is 52.7 Å². The Kier molecular flexibility index (Phi) is 5.48. The molecule has 1 heterocycles. The average Bonchev–Trinajstić information content (AvgIpc) is 2.87. The highest BCUT2D eigenvalue weighted by molar-refractivity contribution is 5.89. The first kappa shape index (κ1) is 17.3. The van der Waals surface area contributed by atoms with Crippen molar-refractivity contribution in [3.63, 3.8) is 0 Å². The summed E-state index contributed by atoms with van der Waals surface area (Å²) in [5.74, 6) is 0.0212. The molecular weight excluding hydrogens is 278 g/mol. The van der Waals surface area contributed by atoms with E-state index in [2.05, 4.69) is 24.1 Å². The summed E-state index contributed by atoms with van der Waals surface area (Å²) in [4.78, 5) is 28.7. The standard InChI is InChI=1S/C17H31N3O2/c1-17(2,19(3)4)12-18-16(22)13-10-15(21)20(11-13)14-8-6-5-7-9-14/h13-14H,5-12H2,1-4H3,(H,18,22). The van der Waals surface area contributed by atoms with Crippen molar-refractivity contribution in [1.29, 1.82) is 0 Å². The van der Waals surface area contributed by atoms with Gasteiger partial charge in [-0.3, -0.25) is 9.59 Å². The number of nitrogens with one attached hydrogen (secondary N) is 1. The van der Waals surface area contributed by atoms with Crippen LogP contribution in [0.3, 0.4) is 0 Å². The molecule has 5 heteroatoms. The molecule has 1 aliphatic carbocycles. The number of hydrogen-bond donors (Lipinski definition) is 1. The Morgan fingerprint density at radius 2 is 1.91 bits per heavy atom. The van der Waals surface area contributed by atoms with E-state index in [0.29, 0.717) is 25.6 Å². The van der Waals surface area contributed by atoms with Crippen molar-refractivity contribution >= 4 is 11.8 Å². The molecule has 1 atom stereocenters. The van der Waals surface area contributed by atoms with Crippen LogP contribution in [-0.4, -0.2) is 60.4 Å². The zero-order valence-electron chi connectivity index (χ0n) is 14.5. The number of likely N-dealkylation sites (tertiary alicyclic amines) is 1. The van der Waals surface area contributed by atoms with Crippen LogP contribution >= 0.6 is 0 Å². The first-order valence-electron chi connectivity index (χ1n) is 8.56. The quantitative estimate of drug-likeness (QED) is 0.840. The summed E-state index contributed by atoms with van der Waals surface area (Å²) >= 11 is 0. The maximum absolute atomic E-state index is 12.4. The van der Waals surface area contributed by atoms with Crippen LogP contribution in [0.5, 0.6) is 0 Å². The van der Waals surface area contributed by atoms with Crippen molar-refractivity contribution in [2.75, 3.05) is 27.2 Å². The molecule has 1 aliphatic heterocycles. The summed E-state index contributed by atoms with van der Waals surface area (Å²) in [5.41, 5.74) is -0.0820. The largest absolute Gasteiger partial charge is 0.354 e. The molecule has 1 N–H and O–H groups in total. The van der Waals surface area contributed by atoms with E-state index < -0.39 is 0 Å². The van der Waals surface area contributed by atoms with Gasteiger partial charge >= 0.3 is 0 Å². The van der Waals surface area contributed by atoms with Crippen molar-refractivity contribution in [1.82, 2.24) is 15.1 Å². The summed E-state index contributed by atoms with van der Waals surface area (Å²) < 4.78 is 0. The lowest BCUT2D eigenvalue weighted by atomic mass is 9.94. The van der Waals surface area contributed by atoms with E-state index in [0.717, 1.165) is 12.8 Å². The Hall–Kier alpha value is -1.10. The molecule has 126 valence electrons. The van der Waals surface area contributed by atoms with Crippen LogP contribution in [0.4, 0.5) is 0 Å². The third kappa shape index (κ3) is 4.00. The monoisotopic (exact) mass is 309 g/mol. The average molecular weight is 309 g/mol. The van der Waals surface area contributed by atoms with Gasteiger partial charge in [0, 0.05) is 31.1 Å². The maximum Gasteiger partial charge on any atom is 0.225 e. The Morgan fingerprint density at radius 3 is 2.50 bits per heavy atom. The van der Waals surface area contributed by atoms with Crippen LogP contribution in [0.2, 0.25) is 0 Å². The molecule has 0 aromatic heterocycles. The molecule has 5 nitrogen and oxygen atoms in total. The van der Waals surface area contributed by atoms with Crippen LogP contribution in [-0.2, 0) is 9.59 Å². The van der Waals surface area contributed by atoms with Gasteiger partial charge in [0.1, 0.15) is 0 Å².